The highest BCUT2D eigenvalue weighted by Gasteiger charge is 2.27. The van der Waals surface area contributed by atoms with E-state index in [1.54, 1.807) is 11.8 Å². The minimum atomic E-state index is -0.378. The predicted octanol–water partition coefficient (Wildman–Crippen LogP) is 3.07. The van der Waals surface area contributed by atoms with Crippen molar-refractivity contribution in [2.75, 3.05) is 37.6 Å². The van der Waals surface area contributed by atoms with Crippen molar-refractivity contribution in [3.8, 4) is 0 Å². The van der Waals surface area contributed by atoms with Crippen LogP contribution in [-0.2, 0) is 9.47 Å². The molecule has 0 spiro atoms. The average molecular weight is 330 g/mol. The first-order chi connectivity index (χ1) is 10.1. The van der Waals surface area contributed by atoms with E-state index in [9.17, 15) is 4.79 Å². The van der Waals surface area contributed by atoms with E-state index in [0.29, 0.717) is 22.6 Å². The molecule has 3 N–H and O–H groups in total. The van der Waals surface area contributed by atoms with Crippen molar-refractivity contribution in [2.24, 2.45) is 5.92 Å². The van der Waals surface area contributed by atoms with Crippen molar-refractivity contribution < 1.29 is 14.3 Å². The van der Waals surface area contributed by atoms with Crippen LogP contribution in [0.1, 0.15) is 29.4 Å². The van der Waals surface area contributed by atoms with E-state index >= 15 is 0 Å². The quantitative estimate of drug-likeness (QED) is 0.617. The topological polar surface area (TPSA) is 73.6 Å². The number of rotatable bonds is 6. The number of nitrogens with two attached hydrogens (primary N) is 1. The second kappa shape index (κ2) is 7.38. The van der Waals surface area contributed by atoms with Crippen LogP contribution in [0.5, 0.6) is 0 Å². The molecule has 0 saturated carbocycles. The highest BCUT2D eigenvalue weighted by molar-refractivity contribution is 7.99. The van der Waals surface area contributed by atoms with E-state index in [2.05, 4.69) is 12.2 Å². The molecular formula is C14H22N2O3S2. The first-order valence-corrected chi connectivity index (χ1v) is 9.06. The molecular weight excluding hydrogens is 308 g/mol. The van der Waals surface area contributed by atoms with Crippen molar-refractivity contribution in [3.63, 3.8) is 0 Å². The molecule has 0 radical (unpaired) electrons. The third-order valence-electron chi connectivity index (χ3n) is 3.75. The number of ether oxygens (including phenoxy) is 2. The van der Waals surface area contributed by atoms with Gasteiger partial charge in [0.1, 0.15) is 9.88 Å². The maximum atomic E-state index is 11.7. The molecule has 1 fully saturated rings. The summed E-state index contributed by atoms with van der Waals surface area (Å²) in [6, 6.07) is 0. The Kier molecular flexibility index (Phi) is 5.78. The smallest absolute Gasteiger partial charge is 0.350 e. The predicted molar refractivity (Wildman–Crippen MR) is 88.5 cm³/mol. The monoisotopic (exact) mass is 330 g/mol. The standard InChI is InChI=1S/C14H22N2O3S2/c1-4-9-8(5-6-19-9)7-16-13-11(20-3)10(15)12(21-13)14(17)18-2/h8-9,16H,4-7,15H2,1-3H3. The zero-order valence-corrected chi connectivity index (χ0v) is 14.2. The van der Waals surface area contributed by atoms with Gasteiger partial charge in [0.25, 0.3) is 0 Å². The first kappa shape index (κ1) is 16.5. The third kappa shape index (κ3) is 3.46. The van der Waals surface area contributed by atoms with Gasteiger partial charge in [0.05, 0.1) is 23.8 Å². The van der Waals surface area contributed by atoms with Crippen LogP contribution in [0.25, 0.3) is 0 Å². The Balaban J connectivity index is 2.10. The normalized spacial score (nSPS) is 21.5. The van der Waals surface area contributed by atoms with Gasteiger partial charge in [-0.2, -0.15) is 0 Å². The van der Waals surface area contributed by atoms with Crippen LogP contribution in [0.2, 0.25) is 0 Å². The lowest BCUT2D eigenvalue weighted by atomic mass is 10.00. The number of carbonyl (C=O) groups is 1. The van der Waals surface area contributed by atoms with Crippen molar-refractivity contribution in [2.45, 2.75) is 30.8 Å². The summed E-state index contributed by atoms with van der Waals surface area (Å²) in [5, 5.41) is 4.39. The molecule has 1 saturated heterocycles. The van der Waals surface area contributed by atoms with Gasteiger partial charge in [0.2, 0.25) is 0 Å². The van der Waals surface area contributed by atoms with Gasteiger partial charge in [-0.25, -0.2) is 4.79 Å². The number of hydrogen-bond acceptors (Lipinski definition) is 7. The summed E-state index contributed by atoms with van der Waals surface area (Å²) in [7, 11) is 1.37. The molecule has 0 bridgehead atoms. The lowest BCUT2D eigenvalue weighted by molar-refractivity contribution is 0.0607. The molecule has 1 aromatic heterocycles. The van der Waals surface area contributed by atoms with Crippen molar-refractivity contribution >= 4 is 39.8 Å². The van der Waals surface area contributed by atoms with Crippen LogP contribution in [0.3, 0.4) is 0 Å². The molecule has 0 aliphatic carbocycles. The number of thioether (sulfide) groups is 1. The van der Waals surface area contributed by atoms with Gasteiger partial charge in [-0.05, 0) is 19.1 Å². The summed E-state index contributed by atoms with van der Waals surface area (Å²) in [5.41, 5.74) is 6.56. The van der Waals surface area contributed by atoms with Gasteiger partial charge in [-0.15, -0.1) is 23.1 Å². The summed E-state index contributed by atoms with van der Waals surface area (Å²) < 4.78 is 10.5. The largest absolute Gasteiger partial charge is 0.465 e. The maximum Gasteiger partial charge on any atom is 0.350 e. The van der Waals surface area contributed by atoms with Crippen LogP contribution in [0, 0.1) is 5.92 Å². The second-order valence-electron chi connectivity index (χ2n) is 4.95. The third-order valence-corrected chi connectivity index (χ3v) is 5.85. The molecule has 21 heavy (non-hydrogen) atoms. The number of carbonyl (C=O) groups excluding carboxylic acids is 1. The molecule has 5 nitrogen and oxygen atoms in total. The van der Waals surface area contributed by atoms with Gasteiger partial charge < -0.3 is 20.5 Å². The lowest BCUT2D eigenvalue weighted by Gasteiger charge is -2.17. The second-order valence-corrected chi connectivity index (χ2v) is 6.78. The average Bonchev–Trinajstić information content (AvgIpc) is 3.07. The zero-order valence-electron chi connectivity index (χ0n) is 12.6. The zero-order chi connectivity index (χ0) is 15.4. The van der Waals surface area contributed by atoms with Crippen LogP contribution >= 0.6 is 23.1 Å². The van der Waals surface area contributed by atoms with Crippen molar-refractivity contribution in [1.29, 1.82) is 0 Å². The Morgan fingerprint density at radius 2 is 2.38 bits per heavy atom. The molecule has 0 aromatic carbocycles. The van der Waals surface area contributed by atoms with Gasteiger partial charge in [0, 0.05) is 19.1 Å². The van der Waals surface area contributed by atoms with Gasteiger partial charge in [0.15, 0.2) is 0 Å². The molecule has 0 amide bonds. The van der Waals surface area contributed by atoms with E-state index < -0.39 is 0 Å². The van der Waals surface area contributed by atoms with Crippen LogP contribution in [0.15, 0.2) is 4.90 Å². The number of nitrogen functional groups attached to an aromatic ring is 1. The van der Waals surface area contributed by atoms with E-state index in [1.165, 1.54) is 18.4 Å². The molecule has 1 aliphatic rings. The number of nitrogens with one attached hydrogen (secondary N) is 1. The molecule has 1 aliphatic heterocycles. The van der Waals surface area contributed by atoms with Crippen LogP contribution in [-0.4, -0.2) is 38.6 Å². The van der Waals surface area contributed by atoms with E-state index in [1.807, 2.05) is 6.26 Å². The Bertz CT molecular complexity index is 505. The number of esters is 1. The Hall–Kier alpha value is -0.920. The van der Waals surface area contributed by atoms with Crippen molar-refractivity contribution in [3.05, 3.63) is 4.88 Å². The number of methoxy groups -OCH3 is 1. The van der Waals surface area contributed by atoms with E-state index in [0.717, 1.165) is 35.9 Å². The minimum absolute atomic E-state index is 0.326. The maximum absolute atomic E-state index is 11.7. The highest BCUT2D eigenvalue weighted by atomic mass is 32.2. The van der Waals surface area contributed by atoms with Crippen LogP contribution in [0.4, 0.5) is 10.7 Å². The highest BCUT2D eigenvalue weighted by Crippen LogP contribution is 2.42. The summed E-state index contributed by atoms with van der Waals surface area (Å²) in [4.78, 5) is 13.1. The fourth-order valence-corrected chi connectivity index (χ4v) is 4.55. The molecule has 2 rings (SSSR count). The fraction of sp³-hybridized carbons (Fsp3) is 0.643. The molecule has 1 aromatic rings. The van der Waals surface area contributed by atoms with Crippen LogP contribution < -0.4 is 11.1 Å². The minimum Gasteiger partial charge on any atom is -0.465 e. The Labute approximate surface area is 133 Å². The summed E-state index contributed by atoms with van der Waals surface area (Å²) in [5.74, 6) is 0.131. The Morgan fingerprint density at radius 1 is 1.62 bits per heavy atom. The SMILES string of the molecule is CCC1OCCC1CNc1sc(C(=O)OC)c(N)c1SC. The van der Waals surface area contributed by atoms with Gasteiger partial charge in [-0.3, -0.25) is 0 Å². The number of thiophene rings is 1. The molecule has 2 unspecified atom stereocenters. The molecule has 7 heteroatoms. The lowest BCUT2D eigenvalue weighted by Crippen LogP contribution is -2.22. The first-order valence-electron chi connectivity index (χ1n) is 7.02. The number of hydrogen-bond donors (Lipinski definition) is 2. The van der Waals surface area contributed by atoms with E-state index in [4.69, 9.17) is 15.2 Å². The van der Waals surface area contributed by atoms with Gasteiger partial charge in [-0.1, -0.05) is 6.92 Å². The van der Waals surface area contributed by atoms with E-state index in [-0.39, 0.29) is 5.97 Å². The summed E-state index contributed by atoms with van der Waals surface area (Å²) >= 11 is 2.91. The Morgan fingerprint density at radius 3 is 3.00 bits per heavy atom. The summed E-state index contributed by atoms with van der Waals surface area (Å²) in [6.07, 6.45) is 4.39. The molecule has 2 heterocycles. The summed E-state index contributed by atoms with van der Waals surface area (Å²) in [6.45, 7) is 3.82. The molecule has 2 atom stereocenters. The van der Waals surface area contributed by atoms with Gasteiger partial charge >= 0.3 is 5.97 Å². The molecule has 118 valence electrons. The van der Waals surface area contributed by atoms with Crippen molar-refractivity contribution in [1.82, 2.24) is 0 Å². The fourth-order valence-electron chi connectivity index (χ4n) is 2.59. The number of anilines is 2.